The molecule has 0 bridgehead atoms. The standard InChI is InChI=1S/C19H18F3NO3S/c1-18(2)10-14(13-9-12(11-24)7-8-15(13)25-18)23-27-17-6-4-3-5-16(17)26-19(20,21)22/h3-9,11,14,23H,10H2,1-2H3. The van der Waals surface area contributed by atoms with Crippen LogP contribution in [0.15, 0.2) is 47.4 Å². The van der Waals surface area contributed by atoms with Crippen LogP contribution in [-0.4, -0.2) is 18.2 Å². The maximum Gasteiger partial charge on any atom is 0.573 e. The number of alkyl halides is 3. The van der Waals surface area contributed by atoms with Gasteiger partial charge in [-0.1, -0.05) is 12.1 Å². The second-order valence-electron chi connectivity index (χ2n) is 6.75. The van der Waals surface area contributed by atoms with Gasteiger partial charge in [-0.25, -0.2) is 0 Å². The molecule has 2 aromatic carbocycles. The van der Waals surface area contributed by atoms with Crippen LogP contribution in [0.3, 0.4) is 0 Å². The third-order valence-corrected chi connectivity index (χ3v) is 4.97. The van der Waals surface area contributed by atoms with Crippen molar-refractivity contribution in [2.75, 3.05) is 0 Å². The summed E-state index contributed by atoms with van der Waals surface area (Å²) in [6.07, 6.45) is -3.43. The first-order valence-corrected chi connectivity index (χ1v) is 9.04. The summed E-state index contributed by atoms with van der Waals surface area (Å²) in [6.45, 7) is 3.87. The van der Waals surface area contributed by atoms with E-state index in [0.29, 0.717) is 22.6 Å². The molecule has 2 aromatic rings. The molecule has 27 heavy (non-hydrogen) atoms. The van der Waals surface area contributed by atoms with E-state index in [-0.39, 0.29) is 11.8 Å². The summed E-state index contributed by atoms with van der Waals surface area (Å²) in [5.74, 6) is 0.380. The van der Waals surface area contributed by atoms with Crippen molar-refractivity contribution in [1.29, 1.82) is 0 Å². The Hall–Kier alpha value is -2.19. The number of benzene rings is 2. The summed E-state index contributed by atoms with van der Waals surface area (Å²) in [5, 5.41) is 0. The summed E-state index contributed by atoms with van der Waals surface area (Å²) in [4.78, 5) is 11.4. The third kappa shape index (κ3) is 4.95. The van der Waals surface area contributed by atoms with Gasteiger partial charge < -0.3 is 9.47 Å². The van der Waals surface area contributed by atoms with Gasteiger partial charge in [-0.15, -0.1) is 13.2 Å². The molecule has 1 heterocycles. The molecule has 3 rings (SSSR count). The predicted molar refractivity (Wildman–Crippen MR) is 96.0 cm³/mol. The fourth-order valence-corrected chi connectivity index (χ4v) is 3.77. The number of nitrogens with one attached hydrogen (secondary N) is 1. The molecule has 8 heteroatoms. The van der Waals surface area contributed by atoms with E-state index in [1.165, 1.54) is 12.1 Å². The van der Waals surface area contributed by atoms with Crippen LogP contribution in [0.4, 0.5) is 13.2 Å². The minimum Gasteiger partial charge on any atom is -0.487 e. The normalized spacial score (nSPS) is 18.3. The first-order chi connectivity index (χ1) is 12.7. The van der Waals surface area contributed by atoms with Crippen LogP contribution < -0.4 is 14.2 Å². The first-order valence-electron chi connectivity index (χ1n) is 8.22. The molecule has 0 spiro atoms. The highest BCUT2D eigenvalue weighted by Crippen LogP contribution is 2.42. The minimum atomic E-state index is -4.76. The van der Waals surface area contributed by atoms with Crippen molar-refractivity contribution >= 4 is 18.2 Å². The van der Waals surface area contributed by atoms with Crippen LogP contribution in [0.2, 0.25) is 0 Å². The molecule has 0 fully saturated rings. The number of rotatable bonds is 5. The van der Waals surface area contributed by atoms with Crippen LogP contribution in [0.25, 0.3) is 0 Å². The summed E-state index contributed by atoms with van der Waals surface area (Å²) in [7, 11) is 0. The molecule has 0 aromatic heterocycles. The van der Waals surface area contributed by atoms with Crippen molar-refractivity contribution in [3.8, 4) is 11.5 Å². The van der Waals surface area contributed by atoms with Gasteiger partial charge in [-0.2, -0.15) is 0 Å². The van der Waals surface area contributed by atoms with Gasteiger partial charge in [0.2, 0.25) is 0 Å². The Balaban J connectivity index is 1.84. The smallest absolute Gasteiger partial charge is 0.487 e. The van der Waals surface area contributed by atoms with E-state index < -0.39 is 12.0 Å². The van der Waals surface area contributed by atoms with Crippen LogP contribution in [-0.2, 0) is 0 Å². The molecule has 0 saturated heterocycles. The highest BCUT2D eigenvalue weighted by molar-refractivity contribution is 7.97. The number of fused-ring (bicyclic) bond motifs is 1. The second kappa shape index (κ2) is 7.44. The van der Waals surface area contributed by atoms with Gasteiger partial charge in [-0.05, 0) is 56.1 Å². The van der Waals surface area contributed by atoms with Gasteiger partial charge >= 0.3 is 6.36 Å². The third-order valence-electron chi connectivity index (χ3n) is 4.01. The molecule has 0 amide bonds. The molecular formula is C19H18F3NO3S. The highest BCUT2D eigenvalue weighted by atomic mass is 32.2. The number of ether oxygens (including phenoxy) is 2. The maximum absolute atomic E-state index is 12.6. The monoisotopic (exact) mass is 397 g/mol. The Labute approximate surface area is 159 Å². The zero-order chi connectivity index (χ0) is 19.7. The van der Waals surface area contributed by atoms with Crippen LogP contribution in [0.5, 0.6) is 11.5 Å². The van der Waals surface area contributed by atoms with Gasteiger partial charge in [0.25, 0.3) is 0 Å². The van der Waals surface area contributed by atoms with Gasteiger partial charge in [0, 0.05) is 23.6 Å². The predicted octanol–water partition coefficient (Wildman–Crippen LogP) is 5.30. The van der Waals surface area contributed by atoms with Crippen molar-refractivity contribution < 1.29 is 27.4 Å². The fraction of sp³-hybridized carbons (Fsp3) is 0.316. The summed E-state index contributed by atoms with van der Waals surface area (Å²) >= 11 is 1.05. The van der Waals surface area contributed by atoms with Gasteiger partial charge in [0.05, 0.1) is 4.90 Å². The summed E-state index contributed by atoms with van der Waals surface area (Å²) in [6, 6.07) is 10.9. The van der Waals surface area contributed by atoms with Gasteiger partial charge in [-0.3, -0.25) is 9.52 Å². The Bertz CT molecular complexity index is 839. The number of para-hydroxylation sites is 1. The molecule has 1 atom stereocenters. The molecule has 0 aliphatic carbocycles. The lowest BCUT2D eigenvalue weighted by molar-refractivity contribution is -0.275. The zero-order valence-corrected chi connectivity index (χ0v) is 15.5. The van der Waals surface area contributed by atoms with Gasteiger partial charge in [0.1, 0.15) is 23.4 Å². The second-order valence-corrected chi connectivity index (χ2v) is 7.63. The van der Waals surface area contributed by atoms with E-state index in [0.717, 1.165) is 23.8 Å². The van der Waals surface area contributed by atoms with Crippen molar-refractivity contribution in [3.05, 3.63) is 53.6 Å². The average Bonchev–Trinajstić information content (AvgIpc) is 2.58. The maximum atomic E-state index is 12.6. The fourth-order valence-electron chi connectivity index (χ4n) is 2.93. The quantitative estimate of drug-likeness (QED) is 0.548. The van der Waals surface area contributed by atoms with E-state index in [4.69, 9.17) is 4.74 Å². The molecule has 144 valence electrons. The van der Waals surface area contributed by atoms with Gasteiger partial charge in [0.15, 0.2) is 0 Å². The van der Waals surface area contributed by atoms with Crippen LogP contribution in [0.1, 0.15) is 42.2 Å². The van der Waals surface area contributed by atoms with E-state index >= 15 is 0 Å². The summed E-state index contributed by atoms with van der Waals surface area (Å²) in [5.41, 5.74) is 0.839. The number of halogens is 3. The Morgan fingerprint density at radius 2 is 2.00 bits per heavy atom. The van der Waals surface area contributed by atoms with Crippen molar-refractivity contribution in [2.45, 2.75) is 43.2 Å². The molecular weight excluding hydrogens is 379 g/mol. The zero-order valence-electron chi connectivity index (χ0n) is 14.7. The average molecular weight is 397 g/mol. The molecule has 1 unspecified atom stereocenters. The van der Waals surface area contributed by atoms with Crippen LogP contribution >= 0.6 is 11.9 Å². The Morgan fingerprint density at radius 3 is 2.70 bits per heavy atom. The molecule has 1 aliphatic rings. The lowest BCUT2D eigenvalue weighted by atomic mass is 9.89. The van der Waals surface area contributed by atoms with E-state index in [1.54, 1.807) is 30.3 Å². The Kier molecular flexibility index (Phi) is 5.39. The summed E-state index contributed by atoms with van der Waals surface area (Å²) < 4.78 is 51.0. The largest absolute Gasteiger partial charge is 0.573 e. The van der Waals surface area contributed by atoms with Crippen LogP contribution in [0, 0.1) is 0 Å². The van der Waals surface area contributed by atoms with E-state index in [2.05, 4.69) is 9.46 Å². The first kappa shape index (κ1) is 19.6. The lowest BCUT2D eigenvalue weighted by Crippen LogP contribution is -2.38. The number of carbonyl (C=O) groups is 1. The van der Waals surface area contributed by atoms with Crippen molar-refractivity contribution in [3.63, 3.8) is 0 Å². The lowest BCUT2D eigenvalue weighted by Gasteiger charge is -2.38. The molecule has 0 radical (unpaired) electrons. The van der Waals surface area contributed by atoms with Crippen molar-refractivity contribution in [1.82, 2.24) is 4.72 Å². The number of aldehydes is 1. The SMILES string of the molecule is CC1(C)CC(NSc2ccccc2OC(F)(F)F)c2cc(C=O)ccc2O1. The molecule has 4 nitrogen and oxygen atoms in total. The highest BCUT2D eigenvalue weighted by Gasteiger charge is 2.35. The molecule has 1 aliphatic heterocycles. The van der Waals surface area contributed by atoms with E-state index in [9.17, 15) is 18.0 Å². The van der Waals surface area contributed by atoms with E-state index in [1.807, 2.05) is 13.8 Å². The number of hydrogen-bond donors (Lipinski definition) is 1. The molecule has 1 N–H and O–H groups in total. The Morgan fingerprint density at radius 1 is 1.26 bits per heavy atom. The number of hydrogen-bond acceptors (Lipinski definition) is 5. The topological polar surface area (TPSA) is 47.6 Å². The minimum absolute atomic E-state index is 0.215. The molecule has 0 saturated carbocycles. The van der Waals surface area contributed by atoms with Crippen molar-refractivity contribution in [2.24, 2.45) is 0 Å². The number of carbonyl (C=O) groups excluding carboxylic acids is 1.